The molecule has 0 spiro atoms. The zero-order chi connectivity index (χ0) is 19.9. The Morgan fingerprint density at radius 3 is 2.64 bits per heavy atom. The van der Waals surface area contributed by atoms with E-state index in [0.29, 0.717) is 10.6 Å². The molecule has 2 N–H and O–H groups in total. The molecule has 0 radical (unpaired) electrons. The molecular weight excluding hydrogens is 383 g/mol. The van der Waals surface area contributed by atoms with Gasteiger partial charge in [0.15, 0.2) is 0 Å². The van der Waals surface area contributed by atoms with E-state index in [4.69, 9.17) is 11.6 Å². The summed E-state index contributed by atoms with van der Waals surface area (Å²) in [5, 5.41) is 6.75. The Bertz CT molecular complexity index is 1040. The molecule has 0 aliphatic rings. The predicted molar refractivity (Wildman–Crippen MR) is 105 cm³/mol. The molecule has 140 valence electrons. The number of rotatable bonds is 5. The van der Waals surface area contributed by atoms with Crippen LogP contribution in [-0.2, 0) is 0 Å². The average molecular weight is 397 g/mol. The van der Waals surface area contributed by atoms with Crippen molar-refractivity contribution >= 4 is 35.3 Å². The maximum Gasteiger partial charge on any atom is 0.274 e. The monoisotopic (exact) mass is 396 g/mol. The summed E-state index contributed by atoms with van der Waals surface area (Å²) >= 11 is 5.98. The molecule has 28 heavy (non-hydrogen) atoms. The highest BCUT2D eigenvalue weighted by molar-refractivity contribution is 6.31. The molecule has 0 saturated carbocycles. The van der Waals surface area contributed by atoms with Crippen LogP contribution in [-0.4, -0.2) is 23.0 Å². The van der Waals surface area contributed by atoms with Crippen molar-refractivity contribution in [1.82, 2.24) is 10.4 Å². The number of anilines is 1. The Hall–Kier alpha value is -3.58. The number of hydrogen-bond acceptors (Lipinski definition) is 4. The first kappa shape index (κ1) is 19.2. The van der Waals surface area contributed by atoms with E-state index in [2.05, 4.69) is 20.8 Å². The Morgan fingerprint density at radius 1 is 1.04 bits per heavy atom. The minimum atomic E-state index is -0.591. The van der Waals surface area contributed by atoms with Crippen molar-refractivity contribution in [2.45, 2.75) is 0 Å². The third kappa shape index (κ3) is 4.99. The lowest BCUT2D eigenvalue weighted by atomic mass is 10.1. The smallest absolute Gasteiger partial charge is 0.274 e. The Morgan fingerprint density at radius 2 is 1.89 bits per heavy atom. The minimum Gasteiger partial charge on any atom is -0.320 e. The lowest BCUT2D eigenvalue weighted by Gasteiger charge is -2.10. The van der Waals surface area contributed by atoms with Gasteiger partial charge in [0.25, 0.3) is 11.8 Å². The van der Waals surface area contributed by atoms with E-state index in [-0.39, 0.29) is 16.9 Å². The van der Waals surface area contributed by atoms with Crippen molar-refractivity contribution in [1.29, 1.82) is 0 Å². The number of nitrogens with zero attached hydrogens (tertiary/aromatic N) is 2. The predicted octanol–water partition coefficient (Wildman–Crippen LogP) is 3.89. The number of pyridine rings is 1. The summed E-state index contributed by atoms with van der Waals surface area (Å²) in [7, 11) is 0. The van der Waals surface area contributed by atoms with Gasteiger partial charge in [-0.1, -0.05) is 29.8 Å². The van der Waals surface area contributed by atoms with E-state index in [9.17, 15) is 14.0 Å². The molecule has 1 heterocycles. The van der Waals surface area contributed by atoms with Crippen molar-refractivity contribution in [2.75, 3.05) is 5.32 Å². The van der Waals surface area contributed by atoms with Crippen LogP contribution < -0.4 is 10.7 Å². The zero-order valence-corrected chi connectivity index (χ0v) is 15.2. The van der Waals surface area contributed by atoms with Gasteiger partial charge in [0.1, 0.15) is 11.5 Å². The van der Waals surface area contributed by atoms with Gasteiger partial charge in [0.2, 0.25) is 0 Å². The quantitative estimate of drug-likeness (QED) is 0.507. The van der Waals surface area contributed by atoms with Crippen molar-refractivity contribution < 1.29 is 14.0 Å². The highest BCUT2D eigenvalue weighted by atomic mass is 35.5. The van der Waals surface area contributed by atoms with Gasteiger partial charge in [0, 0.05) is 11.2 Å². The lowest BCUT2D eigenvalue weighted by Crippen LogP contribution is -2.21. The second-order valence-corrected chi connectivity index (χ2v) is 6.05. The number of hydrazone groups is 1. The molecule has 0 unspecified atom stereocenters. The lowest BCUT2D eigenvalue weighted by molar-refractivity contribution is 0.0956. The van der Waals surface area contributed by atoms with Crippen LogP contribution in [0.1, 0.15) is 26.4 Å². The van der Waals surface area contributed by atoms with E-state index < -0.39 is 17.6 Å². The molecule has 0 atom stereocenters. The maximum atomic E-state index is 13.2. The van der Waals surface area contributed by atoms with E-state index >= 15 is 0 Å². The molecule has 0 fully saturated rings. The molecule has 0 bridgehead atoms. The fourth-order valence-corrected chi connectivity index (χ4v) is 2.48. The van der Waals surface area contributed by atoms with E-state index in [0.717, 1.165) is 0 Å². The molecule has 0 aliphatic heterocycles. The number of nitrogens with one attached hydrogen (secondary N) is 2. The molecular formula is C20H14ClFN4O2. The van der Waals surface area contributed by atoms with Gasteiger partial charge in [-0.2, -0.15) is 5.10 Å². The van der Waals surface area contributed by atoms with Crippen molar-refractivity contribution in [3.63, 3.8) is 0 Å². The van der Waals surface area contributed by atoms with Gasteiger partial charge < -0.3 is 5.32 Å². The van der Waals surface area contributed by atoms with Gasteiger partial charge in [-0.15, -0.1) is 0 Å². The molecule has 8 heteroatoms. The van der Waals surface area contributed by atoms with Crippen LogP contribution in [0.3, 0.4) is 0 Å². The number of halogens is 2. The minimum absolute atomic E-state index is 0.119. The van der Waals surface area contributed by atoms with E-state index in [1.807, 2.05) is 0 Å². The van der Waals surface area contributed by atoms with Crippen LogP contribution in [0.15, 0.2) is 72.0 Å². The topological polar surface area (TPSA) is 83.5 Å². The first-order chi connectivity index (χ1) is 13.5. The SMILES string of the molecule is O=C(Nc1ccc(Cl)cc1C(=O)NN=Cc1cccc(F)c1)c1ccccn1. The molecule has 1 aromatic heterocycles. The maximum absolute atomic E-state index is 13.2. The van der Waals surface area contributed by atoms with Crippen LogP contribution in [0.25, 0.3) is 0 Å². The van der Waals surface area contributed by atoms with E-state index in [1.165, 1.54) is 42.7 Å². The Labute approximate surface area is 165 Å². The van der Waals surface area contributed by atoms with Gasteiger partial charge in [-0.25, -0.2) is 9.82 Å². The summed E-state index contributed by atoms with van der Waals surface area (Å²) in [4.78, 5) is 28.7. The molecule has 2 aromatic carbocycles. The Balaban J connectivity index is 1.76. The summed E-state index contributed by atoms with van der Waals surface area (Å²) in [5.74, 6) is -1.48. The van der Waals surface area contributed by atoms with Crippen LogP contribution in [0.5, 0.6) is 0 Å². The number of aromatic nitrogens is 1. The molecule has 0 saturated heterocycles. The summed E-state index contributed by atoms with van der Waals surface area (Å²) in [6.45, 7) is 0. The Kier molecular flexibility index (Phi) is 6.08. The number of benzene rings is 2. The van der Waals surface area contributed by atoms with Crippen LogP contribution in [0.4, 0.5) is 10.1 Å². The molecule has 6 nitrogen and oxygen atoms in total. The first-order valence-electron chi connectivity index (χ1n) is 8.14. The first-order valence-corrected chi connectivity index (χ1v) is 8.51. The van der Waals surface area contributed by atoms with Crippen LogP contribution in [0, 0.1) is 5.82 Å². The second-order valence-electron chi connectivity index (χ2n) is 5.61. The van der Waals surface area contributed by atoms with Crippen LogP contribution in [0.2, 0.25) is 5.02 Å². The average Bonchev–Trinajstić information content (AvgIpc) is 2.70. The molecule has 3 rings (SSSR count). The van der Waals surface area contributed by atoms with Crippen LogP contribution >= 0.6 is 11.6 Å². The van der Waals surface area contributed by atoms with Crippen molar-refractivity contribution in [3.8, 4) is 0 Å². The number of amides is 2. The normalized spacial score (nSPS) is 10.6. The van der Waals surface area contributed by atoms with Gasteiger partial charge in [-0.3, -0.25) is 14.6 Å². The summed E-state index contributed by atoms with van der Waals surface area (Å²) in [5.41, 5.74) is 3.38. The highest BCUT2D eigenvalue weighted by Gasteiger charge is 2.15. The second kappa shape index (κ2) is 8.88. The summed E-state index contributed by atoms with van der Waals surface area (Å²) in [6, 6.07) is 15.1. The third-order valence-electron chi connectivity index (χ3n) is 3.60. The van der Waals surface area contributed by atoms with Gasteiger partial charge >= 0.3 is 0 Å². The summed E-state index contributed by atoms with van der Waals surface area (Å²) < 4.78 is 13.2. The standard InChI is InChI=1S/C20H14ClFN4O2/c21-14-7-8-17(25-20(28)18-6-1-2-9-23-18)16(11-14)19(27)26-24-12-13-4-3-5-15(22)10-13/h1-12H,(H,25,28)(H,26,27). The third-order valence-corrected chi connectivity index (χ3v) is 3.84. The highest BCUT2D eigenvalue weighted by Crippen LogP contribution is 2.21. The van der Waals surface area contributed by atoms with E-state index in [1.54, 1.807) is 30.3 Å². The fraction of sp³-hybridized carbons (Fsp3) is 0. The van der Waals surface area contributed by atoms with Gasteiger partial charge in [-0.05, 0) is 48.0 Å². The number of hydrogen-bond donors (Lipinski definition) is 2. The molecule has 0 aliphatic carbocycles. The fourth-order valence-electron chi connectivity index (χ4n) is 2.31. The molecule has 2 amide bonds. The molecule has 3 aromatic rings. The largest absolute Gasteiger partial charge is 0.320 e. The summed E-state index contributed by atoms with van der Waals surface area (Å²) in [6.07, 6.45) is 2.79. The van der Waals surface area contributed by atoms with Gasteiger partial charge in [0.05, 0.1) is 17.5 Å². The van der Waals surface area contributed by atoms with Crippen molar-refractivity contribution in [3.05, 3.63) is 94.5 Å². The van der Waals surface area contributed by atoms with Crippen molar-refractivity contribution in [2.24, 2.45) is 5.10 Å². The number of carbonyl (C=O) groups excluding carboxylic acids is 2. The number of carbonyl (C=O) groups is 2. The zero-order valence-electron chi connectivity index (χ0n) is 14.4.